The SMILES string of the molecule is CCCC(C(=O)OCC)N1CCSC(C)(C)CC1. The van der Waals surface area contributed by atoms with Crippen LogP contribution < -0.4 is 0 Å². The summed E-state index contributed by atoms with van der Waals surface area (Å²) in [4.78, 5) is 14.4. The molecule has 1 rings (SSSR count). The fourth-order valence-corrected chi connectivity index (χ4v) is 3.42. The van der Waals surface area contributed by atoms with Crippen LogP contribution in [0.1, 0.15) is 47.0 Å². The van der Waals surface area contributed by atoms with Crippen molar-refractivity contribution in [3.05, 3.63) is 0 Å². The standard InChI is InChI=1S/C14H27NO2S/c1-5-7-12(13(16)17-6-2)15-9-8-14(3,4)18-11-10-15/h12H,5-11H2,1-4H3. The van der Waals surface area contributed by atoms with Gasteiger partial charge in [0.05, 0.1) is 6.61 Å². The Kier molecular flexibility index (Phi) is 6.50. The fourth-order valence-electron chi connectivity index (χ4n) is 2.31. The number of ether oxygens (including phenoxy) is 1. The van der Waals surface area contributed by atoms with Crippen molar-refractivity contribution in [2.75, 3.05) is 25.4 Å². The van der Waals surface area contributed by atoms with Crippen molar-refractivity contribution in [1.29, 1.82) is 0 Å². The Balaban J connectivity index is 2.64. The van der Waals surface area contributed by atoms with Gasteiger partial charge in [0.1, 0.15) is 6.04 Å². The highest BCUT2D eigenvalue weighted by Gasteiger charge is 2.31. The number of thioether (sulfide) groups is 1. The molecule has 106 valence electrons. The molecule has 1 heterocycles. The quantitative estimate of drug-likeness (QED) is 0.720. The predicted octanol–water partition coefficient (Wildman–Crippen LogP) is 2.94. The van der Waals surface area contributed by atoms with Crippen LogP contribution in [0, 0.1) is 0 Å². The third-order valence-electron chi connectivity index (χ3n) is 3.43. The molecule has 0 aromatic carbocycles. The molecule has 0 aromatic heterocycles. The third-order valence-corrected chi connectivity index (χ3v) is 4.81. The molecule has 0 saturated carbocycles. The summed E-state index contributed by atoms with van der Waals surface area (Å²) < 4.78 is 5.55. The van der Waals surface area contributed by atoms with Gasteiger partial charge in [0.25, 0.3) is 0 Å². The van der Waals surface area contributed by atoms with Gasteiger partial charge >= 0.3 is 5.97 Å². The zero-order valence-corrected chi connectivity index (χ0v) is 13.0. The summed E-state index contributed by atoms with van der Waals surface area (Å²) in [5, 5.41) is 0. The molecule has 0 spiro atoms. The smallest absolute Gasteiger partial charge is 0.323 e. The summed E-state index contributed by atoms with van der Waals surface area (Å²) in [6.07, 6.45) is 3.07. The van der Waals surface area contributed by atoms with Gasteiger partial charge in [0, 0.05) is 23.6 Å². The normalized spacial score (nSPS) is 22.2. The first-order valence-corrected chi connectivity index (χ1v) is 8.03. The van der Waals surface area contributed by atoms with Crippen molar-refractivity contribution in [2.24, 2.45) is 0 Å². The maximum Gasteiger partial charge on any atom is 0.323 e. The van der Waals surface area contributed by atoms with Crippen LogP contribution in [-0.4, -0.2) is 47.1 Å². The average Bonchev–Trinajstić information content (AvgIpc) is 2.47. The van der Waals surface area contributed by atoms with Gasteiger partial charge in [-0.1, -0.05) is 27.2 Å². The van der Waals surface area contributed by atoms with Crippen molar-refractivity contribution in [3.63, 3.8) is 0 Å². The Labute approximate surface area is 116 Å². The van der Waals surface area contributed by atoms with Crippen LogP contribution in [-0.2, 0) is 9.53 Å². The van der Waals surface area contributed by atoms with E-state index in [0.717, 1.165) is 38.1 Å². The van der Waals surface area contributed by atoms with Gasteiger partial charge in [-0.05, 0) is 19.8 Å². The molecule has 1 aliphatic rings. The van der Waals surface area contributed by atoms with Gasteiger partial charge in [0.2, 0.25) is 0 Å². The summed E-state index contributed by atoms with van der Waals surface area (Å²) in [6.45, 7) is 11.1. The molecular weight excluding hydrogens is 246 g/mol. The Hall–Kier alpha value is -0.220. The maximum atomic E-state index is 12.0. The van der Waals surface area contributed by atoms with E-state index in [9.17, 15) is 4.79 Å². The van der Waals surface area contributed by atoms with E-state index in [2.05, 4.69) is 25.7 Å². The van der Waals surface area contributed by atoms with Crippen LogP contribution in [0.3, 0.4) is 0 Å². The topological polar surface area (TPSA) is 29.5 Å². The lowest BCUT2D eigenvalue weighted by Crippen LogP contribution is -2.43. The Morgan fingerprint density at radius 3 is 2.72 bits per heavy atom. The molecular formula is C14H27NO2S. The molecule has 1 aliphatic heterocycles. The summed E-state index contributed by atoms with van der Waals surface area (Å²) in [7, 11) is 0. The van der Waals surface area contributed by atoms with Gasteiger partial charge in [-0.25, -0.2) is 0 Å². The predicted molar refractivity (Wildman–Crippen MR) is 78.1 cm³/mol. The number of nitrogens with zero attached hydrogens (tertiary/aromatic N) is 1. The first-order valence-electron chi connectivity index (χ1n) is 7.05. The minimum Gasteiger partial charge on any atom is -0.465 e. The van der Waals surface area contributed by atoms with Gasteiger partial charge in [-0.2, -0.15) is 11.8 Å². The minimum atomic E-state index is -0.0379. The monoisotopic (exact) mass is 273 g/mol. The second kappa shape index (κ2) is 7.39. The molecule has 1 saturated heterocycles. The Bertz CT molecular complexity index is 269. The molecule has 0 aromatic rings. The second-order valence-corrected chi connectivity index (χ2v) is 7.25. The van der Waals surface area contributed by atoms with Crippen molar-refractivity contribution in [2.45, 2.75) is 57.7 Å². The van der Waals surface area contributed by atoms with E-state index in [4.69, 9.17) is 4.74 Å². The van der Waals surface area contributed by atoms with Gasteiger partial charge < -0.3 is 4.74 Å². The molecule has 0 aliphatic carbocycles. The van der Waals surface area contributed by atoms with E-state index in [1.165, 1.54) is 0 Å². The highest BCUT2D eigenvalue weighted by atomic mass is 32.2. The minimum absolute atomic E-state index is 0.0375. The zero-order valence-electron chi connectivity index (χ0n) is 12.2. The number of hydrogen-bond donors (Lipinski definition) is 0. The largest absolute Gasteiger partial charge is 0.465 e. The lowest BCUT2D eigenvalue weighted by molar-refractivity contribution is -0.149. The number of rotatable bonds is 5. The molecule has 0 radical (unpaired) electrons. The van der Waals surface area contributed by atoms with Crippen LogP contribution in [0.4, 0.5) is 0 Å². The summed E-state index contributed by atoms with van der Waals surface area (Å²) in [5.41, 5.74) is 0. The summed E-state index contributed by atoms with van der Waals surface area (Å²) >= 11 is 2.01. The average molecular weight is 273 g/mol. The lowest BCUT2D eigenvalue weighted by atomic mass is 10.1. The highest BCUT2D eigenvalue weighted by Crippen LogP contribution is 2.31. The van der Waals surface area contributed by atoms with Crippen LogP contribution in [0.25, 0.3) is 0 Å². The molecule has 18 heavy (non-hydrogen) atoms. The second-order valence-electron chi connectivity index (χ2n) is 5.45. The number of hydrogen-bond acceptors (Lipinski definition) is 4. The van der Waals surface area contributed by atoms with Crippen molar-refractivity contribution in [3.8, 4) is 0 Å². The van der Waals surface area contributed by atoms with Crippen LogP contribution in [0.5, 0.6) is 0 Å². The van der Waals surface area contributed by atoms with E-state index < -0.39 is 0 Å². The number of carbonyl (C=O) groups excluding carboxylic acids is 1. The van der Waals surface area contributed by atoms with Gasteiger partial charge in [-0.15, -0.1) is 0 Å². The maximum absolute atomic E-state index is 12.0. The number of carbonyl (C=O) groups is 1. The van der Waals surface area contributed by atoms with Gasteiger partial charge in [-0.3, -0.25) is 9.69 Å². The van der Waals surface area contributed by atoms with E-state index in [-0.39, 0.29) is 12.0 Å². The molecule has 1 unspecified atom stereocenters. The van der Waals surface area contributed by atoms with Crippen molar-refractivity contribution in [1.82, 2.24) is 4.90 Å². The zero-order chi connectivity index (χ0) is 13.6. The number of esters is 1. The summed E-state index contributed by atoms with van der Waals surface area (Å²) in [5.74, 6) is 1.07. The van der Waals surface area contributed by atoms with Crippen LogP contribution in [0.15, 0.2) is 0 Å². The first kappa shape index (κ1) is 15.8. The summed E-state index contributed by atoms with van der Waals surface area (Å²) in [6, 6.07) is -0.0375. The van der Waals surface area contributed by atoms with Crippen LogP contribution in [0.2, 0.25) is 0 Å². The Morgan fingerprint density at radius 1 is 1.39 bits per heavy atom. The van der Waals surface area contributed by atoms with Crippen molar-refractivity contribution >= 4 is 17.7 Å². The lowest BCUT2D eigenvalue weighted by Gasteiger charge is -2.29. The third kappa shape index (κ3) is 4.81. The van der Waals surface area contributed by atoms with E-state index in [1.807, 2.05) is 18.7 Å². The fraction of sp³-hybridized carbons (Fsp3) is 0.929. The molecule has 1 fully saturated rings. The molecule has 0 N–H and O–H groups in total. The van der Waals surface area contributed by atoms with Crippen LogP contribution >= 0.6 is 11.8 Å². The van der Waals surface area contributed by atoms with E-state index in [1.54, 1.807) is 0 Å². The van der Waals surface area contributed by atoms with E-state index >= 15 is 0 Å². The Morgan fingerprint density at radius 2 is 2.11 bits per heavy atom. The van der Waals surface area contributed by atoms with Gasteiger partial charge in [0.15, 0.2) is 0 Å². The molecule has 1 atom stereocenters. The van der Waals surface area contributed by atoms with E-state index in [0.29, 0.717) is 11.4 Å². The molecule has 0 amide bonds. The van der Waals surface area contributed by atoms with Crippen molar-refractivity contribution < 1.29 is 9.53 Å². The molecule has 3 nitrogen and oxygen atoms in total. The molecule has 4 heteroatoms. The molecule has 0 bridgehead atoms. The highest BCUT2D eigenvalue weighted by molar-refractivity contribution is 8.00. The first-order chi connectivity index (χ1) is 8.50.